The Hall–Kier alpha value is -1.56. The van der Waals surface area contributed by atoms with Crippen LogP contribution in [0.1, 0.15) is 24.2 Å². The molecule has 1 aromatic rings. The van der Waals surface area contributed by atoms with E-state index in [0.717, 1.165) is 0 Å². The third kappa shape index (κ3) is 3.46. The lowest BCUT2D eigenvalue weighted by atomic mass is 10.0. The fourth-order valence-corrected chi connectivity index (χ4v) is 1.67. The molecule has 1 atom stereocenters. The second-order valence-electron chi connectivity index (χ2n) is 4.27. The summed E-state index contributed by atoms with van der Waals surface area (Å²) in [6.07, 6.45) is 0. The van der Waals surface area contributed by atoms with E-state index >= 15 is 0 Å². The average molecular weight is 315 g/mol. The second kappa shape index (κ2) is 5.86. The standard InChI is InChI=1S/C12H15BrN2O3/c1-6(2)10(12(17)18)15-11(16)7-3-4-8(13)9(14)5-7/h3-6,10H,14H2,1-2H3,(H,15,16)(H,17,18). The van der Waals surface area contributed by atoms with Crippen LogP contribution >= 0.6 is 15.9 Å². The minimum atomic E-state index is -1.05. The van der Waals surface area contributed by atoms with Gasteiger partial charge in [-0.25, -0.2) is 4.79 Å². The average Bonchev–Trinajstić information content (AvgIpc) is 2.28. The number of halogens is 1. The van der Waals surface area contributed by atoms with Crippen LogP contribution in [-0.4, -0.2) is 23.0 Å². The number of nitrogen functional groups attached to an aromatic ring is 1. The summed E-state index contributed by atoms with van der Waals surface area (Å²) >= 11 is 3.22. The van der Waals surface area contributed by atoms with Gasteiger partial charge in [0, 0.05) is 15.7 Å². The van der Waals surface area contributed by atoms with Crippen molar-refractivity contribution in [2.45, 2.75) is 19.9 Å². The van der Waals surface area contributed by atoms with Crippen LogP contribution in [0.3, 0.4) is 0 Å². The third-order valence-corrected chi connectivity index (χ3v) is 3.20. The zero-order valence-electron chi connectivity index (χ0n) is 10.1. The zero-order chi connectivity index (χ0) is 13.9. The van der Waals surface area contributed by atoms with Crippen molar-refractivity contribution in [2.24, 2.45) is 5.92 Å². The summed E-state index contributed by atoms with van der Waals surface area (Å²) in [6.45, 7) is 3.46. The van der Waals surface area contributed by atoms with Crippen molar-refractivity contribution in [3.63, 3.8) is 0 Å². The number of anilines is 1. The number of rotatable bonds is 4. The van der Waals surface area contributed by atoms with E-state index in [1.165, 1.54) is 6.07 Å². The number of benzene rings is 1. The van der Waals surface area contributed by atoms with E-state index in [2.05, 4.69) is 21.2 Å². The summed E-state index contributed by atoms with van der Waals surface area (Å²) < 4.78 is 0.692. The molecule has 98 valence electrons. The predicted octanol–water partition coefficient (Wildman–Crippen LogP) is 1.87. The number of hydrogen-bond acceptors (Lipinski definition) is 3. The van der Waals surface area contributed by atoms with E-state index in [1.54, 1.807) is 26.0 Å². The fourth-order valence-electron chi connectivity index (χ4n) is 1.42. The molecule has 1 unspecified atom stereocenters. The highest BCUT2D eigenvalue weighted by atomic mass is 79.9. The number of aliphatic carboxylic acids is 1. The number of nitrogens with two attached hydrogens (primary N) is 1. The predicted molar refractivity (Wildman–Crippen MR) is 72.3 cm³/mol. The van der Waals surface area contributed by atoms with E-state index < -0.39 is 17.9 Å². The summed E-state index contributed by atoms with van der Waals surface area (Å²) in [5, 5.41) is 11.5. The Morgan fingerprint density at radius 3 is 2.44 bits per heavy atom. The Balaban J connectivity index is 2.87. The topological polar surface area (TPSA) is 92.4 Å². The molecule has 0 aromatic heterocycles. The number of carboxylic acids is 1. The summed E-state index contributed by atoms with van der Waals surface area (Å²) in [5.74, 6) is -1.70. The monoisotopic (exact) mass is 314 g/mol. The number of hydrogen-bond donors (Lipinski definition) is 3. The molecular formula is C12H15BrN2O3. The van der Waals surface area contributed by atoms with Gasteiger partial charge in [-0.1, -0.05) is 13.8 Å². The highest BCUT2D eigenvalue weighted by Gasteiger charge is 2.23. The van der Waals surface area contributed by atoms with Gasteiger partial charge in [-0.05, 0) is 40.0 Å². The van der Waals surface area contributed by atoms with Crippen LogP contribution in [0.25, 0.3) is 0 Å². The highest BCUT2D eigenvalue weighted by molar-refractivity contribution is 9.10. The van der Waals surface area contributed by atoms with E-state index in [0.29, 0.717) is 15.7 Å². The Morgan fingerprint density at radius 1 is 1.39 bits per heavy atom. The first-order valence-electron chi connectivity index (χ1n) is 5.41. The molecule has 0 fully saturated rings. The van der Waals surface area contributed by atoms with E-state index in [1.807, 2.05) is 0 Å². The lowest BCUT2D eigenvalue weighted by molar-refractivity contribution is -0.140. The normalized spacial score (nSPS) is 12.2. The first-order valence-corrected chi connectivity index (χ1v) is 6.21. The van der Waals surface area contributed by atoms with Crippen molar-refractivity contribution >= 4 is 33.5 Å². The second-order valence-corrected chi connectivity index (χ2v) is 5.12. The summed E-state index contributed by atoms with van der Waals surface area (Å²) in [5.41, 5.74) is 6.43. The van der Waals surface area contributed by atoms with Crippen molar-refractivity contribution in [1.29, 1.82) is 0 Å². The number of carbonyl (C=O) groups is 2. The molecule has 0 heterocycles. The van der Waals surface area contributed by atoms with Crippen molar-refractivity contribution < 1.29 is 14.7 Å². The lowest BCUT2D eigenvalue weighted by Crippen LogP contribution is -2.44. The van der Waals surface area contributed by atoms with Gasteiger partial charge in [0.15, 0.2) is 0 Å². The van der Waals surface area contributed by atoms with Crippen LogP contribution in [0.2, 0.25) is 0 Å². The maximum Gasteiger partial charge on any atom is 0.326 e. The van der Waals surface area contributed by atoms with Crippen LogP contribution in [0.5, 0.6) is 0 Å². The largest absolute Gasteiger partial charge is 0.480 e. The Kier molecular flexibility index (Phi) is 4.72. The number of carboxylic acid groups (broad SMARTS) is 1. The third-order valence-electron chi connectivity index (χ3n) is 2.48. The van der Waals surface area contributed by atoms with Crippen LogP contribution < -0.4 is 11.1 Å². The lowest BCUT2D eigenvalue weighted by Gasteiger charge is -2.18. The summed E-state index contributed by atoms with van der Waals surface area (Å²) in [7, 11) is 0. The molecule has 0 saturated carbocycles. The SMILES string of the molecule is CC(C)C(NC(=O)c1ccc(Br)c(N)c1)C(=O)O. The van der Waals surface area contributed by atoms with Crippen LogP contribution in [0.4, 0.5) is 5.69 Å². The molecule has 1 aromatic carbocycles. The zero-order valence-corrected chi connectivity index (χ0v) is 11.7. The first kappa shape index (κ1) is 14.5. The van der Waals surface area contributed by atoms with Crippen LogP contribution in [0, 0.1) is 5.92 Å². The minimum absolute atomic E-state index is 0.195. The molecule has 4 N–H and O–H groups in total. The number of nitrogens with one attached hydrogen (secondary N) is 1. The Morgan fingerprint density at radius 2 is 2.00 bits per heavy atom. The molecule has 1 amide bonds. The molecule has 0 aliphatic carbocycles. The Labute approximate surface area is 113 Å². The van der Waals surface area contributed by atoms with Crippen LogP contribution in [-0.2, 0) is 4.79 Å². The number of amides is 1. The highest BCUT2D eigenvalue weighted by Crippen LogP contribution is 2.20. The maximum atomic E-state index is 11.9. The Bertz CT molecular complexity index is 474. The van der Waals surface area contributed by atoms with E-state index in [9.17, 15) is 9.59 Å². The first-order chi connectivity index (χ1) is 8.32. The molecule has 0 saturated heterocycles. The van der Waals surface area contributed by atoms with Crippen molar-refractivity contribution in [3.8, 4) is 0 Å². The fraction of sp³-hybridized carbons (Fsp3) is 0.333. The van der Waals surface area contributed by atoms with Gasteiger partial charge in [-0.3, -0.25) is 4.79 Å². The molecule has 0 aliphatic rings. The molecule has 6 heteroatoms. The number of carbonyl (C=O) groups excluding carboxylic acids is 1. The van der Waals surface area contributed by atoms with Gasteiger partial charge in [0.1, 0.15) is 6.04 Å². The van der Waals surface area contributed by atoms with Crippen LogP contribution in [0.15, 0.2) is 22.7 Å². The maximum absolute atomic E-state index is 11.9. The van der Waals surface area contributed by atoms with Crippen molar-refractivity contribution in [2.75, 3.05) is 5.73 Å². The van der Waals surface area contributed by atoms with Gasteiger partial charge >= 0.3 is 5.97 Å². The molecule has 0 aliphatic heterocycles. The summed E-state index contributed by atoms with van der Waals surface area (Å²) in [4.78, 5) is 22.9. The smallest absolute Gasteiger partial charge is 0.326 e. The molecular weight excluding hydrogens is 300 g/mol. The molecule has 0 spiro atoms. The van der Waals surface area contributed by atoms with Crippen molar-refractivity contribution in [3.05, 3.63) is 28.2 Å². The molecule has 5 nitrogen and oxygen atoms in total. The van der Waals surface area contributed by atoms with Crippen molar-refractivity contribution in [1.82, 2.24) is 5.32 Å². The quantitative estimate of drug-likeness (QED) is 0.740. The summed E-state index contributed by atoms with van der Waals surface area (Å²) in [6, 6.07) is 3.81. The van der Waals surface area contributed by atoms with Gasteiger partial charge < -0.3 is 16.2 Å². The van der Waals surface area contributed by atoms with Gasteiger partial charge in [-0.15, -0.1) is 0 Å². The van der Waals surface area contributed by atoms with Gasteiger partial charge in [-0.2, -0.15) is 0 Å². The van der Waals surface area contributed by atoms with Gasteiger partial charge in [0.25, 0.3) is 5.91 Å². The molecule has 18 heavy (non-hydrogen) atoms. The van der Waals surface area contributed by atoms with E-state index in [-0.39, 0.29) is 5.92 Å². The molecule has 1 rings (SSSR count). The molecule has 0 radical (unpaired) electrons. The minimum Gasteiger partial charge on any atom is -0.480 e. The molecule has 0 bridgehead atoms. The van der Waals surface area contributed by atoms with Gasteiger partial charge in [0.05, 0.1) is 0 Å². The van der Waals surface area contributed by atoms with E-state index in [4.69, 9.17) is 10.8 Å². The van der Waals surface area contributed by atoms with Gasteiger partial charge in [0.2, 0.25) is 0 Å².